The number of nitrogens with zero attached hydrogens (tertiary/aromatic N) is 1. The highest BCUT2D eigenvalue weighted by molar-refractivity contribution is 5.74. The number of urea groups is 1. The summed E-state index contributed by atoms with van der Waals surface area (Å²) in [6, 6.07) is 10.7. The number of rotatable bonds is 5. The zero-order valence-corrected chi connectivity index (χ0v) is 13.7. The quantitative estimate of drug-likeness (QED) is 0.879. The minimum absolute atomic E-state index is 0.0283. The van der Waals surface area contributed by atoms with Gasteiger partial charge in [-0.15, -0.1) is 0 Å². The predicted octanol–water partition coefficient (Wildman–Crippen LogP) is 2.91. The number of aliphatic hydroxyl groups excluding tert-OH is 1. The van der Waals surface area contributed by atoms with Crippen LogP contribution in [0, 0.1) is 0 Å². The summed E-state index contributed by atoms with van der Waals surface area (Å²) in [5.74, 6) is 0. The second-order valence-electron chi connectivity index (χ2n) is 6.63. The van der Waals surface area contributed by atoms with Gasteiger partial charge in [0.15, 0.2) is 0 Å². The molecule has 2 rings (SSSR count). The largest absolute Gasteiger partial charge is 0.396 e. The standard InChI is InChI=1S/C18H28N2O2/c1-15(7-6-14-21)19-17(22)20-12-10-18(2,11-13-20)16-8-4-3-5-9-16/h3-5,8-9,15,21H,6-7,10-14H2,1-2H3,(H,19,22). The van der Waals surface area contributed by atoms with Gasteiger partial charge in [-0.05, 0) is 43.6 Å². The summed E-state index contributed by atoms with van der Waals surface area (Å²) < 4.78 is 0. The van der Waals surface area contributed by atoms with Gasteiger partial charge in [0.2, 0.25) is 0 Å². The average Bonchev–Trinajstić information content (AvgIpc) is 2.54. The van der Waals surface area contributed by atoms with Crippen LogP contribution in [0.1, 0.15) is 45.1 Å². The fourth-order valence-corrected chi connectivity index (χ4v) is 3.10. The second kappa shape index (κ2) is 7.63. The van der Waals surface area contributed by atoms with Crippen molar-refractivity contribution in [3.05, 3.63) is 35.9 Å². The van der Waals surface area contributed by atoms with E-state index in [1.54, 1.807) is 0 Å². The third-order valence-corrected chi connectivity index (χ3v) is 4.79. The van der Waals surface area contributed by atoms with E-state index in [0.29, 0.717) is 0 Å². The summed E-state index contributed by atoms with van der Waals surface area (Å²) in [7, 11) is 0. The number of aliphatic hydroxyl groups is 1. The number of nitrogens with one attached hydrogen (secondary N) is 1. The zero-order chi connectivity index (χ0) is 16.0. The van der Waals surface area contributed by atoms with Crippen molar-refractivity contribution < 1.29 is 9.90 Å². The van der Waals surface area contributed by atoms with Crippen LogP contribution in [0.4, 0.5) is 4.79 Å². The highest BCUT2D eigenvalue weighted by Crippen LogP contribution is 2.34. The van der Waals surface area contributed by atoms with Gasteiger partial charge in [-0.25, -0.2) is 4.79 Å². The lowest BCUT2D eigenvalue weighted by Crippen LogP contribution is -2.49. The van der Waals surface area contributed by atoms with Crippen LogP contribution in [0.5, 0.6) is 0 Å². The molecule has 0 radical (unpaired) electrons. The molecule has 2 amide bonds. The van der Waals surface area contributed by atoms with Crippen molar-refractivity contribution in [1.29, 1.82) is 0 Å². The van der Waals surface area contributed by atoms with E-state index in [1.807, 2.05) is 17.9 Å². The molecule has 1 aliphatic rings. The van der Waals surface area contributed by atoms with Crippen molar-refractivity contribution in [2.45, 2.75) is 51.0 Å². The highest BCUT2D eigenvalue weighted by Gasteiger charge is 2.33. The molecule has 122 valence electrons. The van der Waals surface area contributed by atoms with E-state index in [2.05, 4.69) is 36.5 Å². The number of benzene rings is 1. The second-order valence-corrected chi connectivity index (χ2v) is 6.63. The maximum Gasteiger partial charge on any atom is 0.317 e. The van der Waals surface area contributed by atoms with Crippen molar-refractivity contribution in [2.75, 3.05) is 19.7 Å². The number of carbonyl (C=O) groups excluding carboxylic acids is 1. The molecule has 1 aliphatic heterocycles. The van der Waals surface area contributed by atoms with Gasteiger partial charge in [-0.3, -0.25) is 0 Å². The van der Waals surface area contributed by atoms with Crippen molar-refractivity contribution in [3.8, 4) is 0 Å². The van der Waals surface area contributed by atoms with Crippen LogP contribution in [-0.4, -0.2) is 41.8 Å². The van der Waals surface area contributed by atoms with E-state index in [-0.39, 0.29) is 24.1 Å². The molecular weight excluding hydrogens is 276 g/mol. The minimum Gasteiger partial charge on any atom is -0.396 e. The molecule has 1 atom stereocenters. The van der Waals surface area contributed by atoms with E-state index in [9.17, 15) is 4.79 Å². The first-order valence-corrected chi connectivity index (χ1v) is 8.27. The number of piperidine rings is 1. The van der Waals surface area contributed by atoms with Crippen LogP contribution in [0.15, 0.2) is 30.3 Å². The van der Waals surface area contributed by atoms with Gasteiger partial charge in [0.1, 0.15) is 0 Å². The Morgan fingerprint density at radius 1 is 1.32 bits per heavy atom. The Balaban J connectivity index is 1.85. The van der Waals surface area contributed by atoms with E-state index < -0.39 is 0 Å². The molecule has 1 saturated heterocycles. The molecular formula is C18H28N2O2. The maximum atomic E-state index is 12.3. The first-order valence-electron chi connectivity index (χ1n) is 8.27. The smallest absolute Gasteiger partial charge is 0.317 e. The first kappa shape index (κ1) is 16.8. The lowest BCUT2D eigenvalue weighted by Gasteiger charge is -2.40. The molecule has 1 unspecified atom stereocenters. The van der Waals surface area contributed by atoms with Crippen LogP contribution >= 0.6 is 0 Å². The minimum atomic E-state index is 0.0283. The summed E-state index contributed by atoms with van der Waals surface area (Å²) in [5.41, 5.74) is 1.53. The van der Waals surface area contributed by atoms with Crippen molar-refractivity contribution in [1.82, 2.24) is 10.2 Å². The molecule has 1 fully saturated rings. The van der Waals surface area contributed by atoms with Crippen LogP contribution < -0.4 is 5.32 Å². The lowest BCUT2D eigenvalue weighted by molar-refractivity contribution is 0.159. The van der Waals surface area contributed by atoms with E-state index in [1.165, 1.54) is 5.56 Å². The highest BCUT2D eigenvalue weighted by atomic mass is 16.3. The number of carbonyl (C=O) groups is 1. The Labute approximate surface area is 133 Å². The average molecular weight is 304 g/mol. The lowest BCUT2D eigenvalue weighted by atomic mass is 9.74. The van der Waals surface area contributed by atoms with Gasteiger partial charge >= 0.3 is 6.03 Å². The summed E-state index contributed by atoms with van der Waals surface area (Å²) in [4.78, 5) is 14.2. The SMILES string of the molecule is CC(CCCO)NC(=O)N1CCC(C)(c2ccccc2)CC1. The topological polar surface area (TPSA) is 52.6 Å². The monoisotopic (exact) mass is 304 g/mol. The van der Waals surface area contributed by atoms with Gasteiger partial charge in [-0.2, -0.15) is 0 Å². The molecule has 0 spiro atoms. The van der Waals surface area contributed by atoms with Crippen molar-refractivity contribution in [3.63, 3.8) is 0 Å². The van der Waals surface area contributed by atoms with Gasteiger partial charge in [0.05, 0.1) is 0 Å². The predicted molar refractivity (Wildman–Crippen MR) is 88.9 cm³/mol. The summed E-state index contributed by atoms with van der Waals surface area (Å²) in [5, 5.41) is 11.9. The van der Waals surface area contributed by atoms with Gasteiger partial charge in [0.25, 0.3) is 0 Å². The van der Waals surface area contributed by atoms with Gasteiger partial charge in [0, 0.05) is 25.7 Å². The first-order chi connectivity index (χ1) is 10.5. The number of likely N-dealkylation sites (tertiary alicyclic amines) is 1. The molecule has 2 N–H and O–H groups in total. The molecule has 0 bridgehead atoms. The molecule has 0 saturated carbocycles. The third-order valence-electron chi connectivity index (χ3n) is 4.79. The number of hydrogen-bond acceptors (Lipinski definition) is 2. The van der Waals surface area contributed by atoms with Crippen LogP contribution in [0.25, 0.3) is 0 Å². The summed E-state index contributed by atoms with van der Waals surface area (Å²) in [6.07, 6.45) is 3.54. The fourth-order valence-electron chi connectivity index (χ4n) is 3.10. The van der Waals surface area contributed by atoms with Crippen LogP contribution in [-0.2, 0) is 5.41 Å². The van der Waals surface area contributed by atoms with Gasteiger partial charge in [-0.1, -0.05) is 37.3 Å². The number of hydrogen-bond donors (Lipinski definition) is 2. The maximum absolute atomic E-state index is 12.3. The van der Waals surface area contributed by atoms with Crippen molar-refractivity contribution >= 4 is 6.03 Å². The molecule has 0 aromatic heterocycles. The molecule has 22 heavy (non-hydrogen) atoms. The van der Waals surface area contributed by atoms with Crippen LogP contribution in [0.3, 0.4) is 0 Å². The molecule has 4 nitrogen and oxygen atoms in total. The zero-order valence-electron chi connectivity index (χ0n) is 13.7. The Kier molecular flexibility index (Phi) is 5.83. The van der Waals surface area contributed by atoms with E-state index >= 15 is 0 Å². The van der Waals surface area contributed by atoms with E-state index in [4.69, 9.17) is 5.11 Å². The Hall–Kier alpha value is -1.55. The molecule has 4 heteroatoms. The molecule has 1 aromatic rings. The number of amides is 2. The fraction of sp³-hybridized carbons (Fsp3) is 0.611. The van der Waals surface area contributed by atoms with Gasteiger partial charge < -0.3 is 15.3 Å². The summed E-state index contributed by atoms with van der Waals surface area (Å²) in [6.45, 7) is 6.06. The normalized spacial score (nSPS) is 18.8. The van der Waals surface area contributed by atoms with Crippen molar-refractivity contribution in [2.24, 2.45) is 0 Å². The molecule has 1 aromatic carbocycles. The molecule has 1 heterocycles. The third kappa shape index (κ3) is 4.23. The Morgan fingerprint density at radius 2 is 1.95 bits per heavy atom. The van der Waals surface area contributed by atoms with Crippen LogP contribution in [0.2, 0.25) is 0 Å². The summed E-state index contributed by atoms with van der Waals surface area (Å²) >= 11 is 0. The Morgan fingerprint density at radius 3 is 2.55 bits per heavy atom. The van der Waals surface area contributed by atoms with E-state index in [0.717, 1.165) is 38.8 Å². The molecule has 0 aliphatic carbocycles. The Bertz CT molecular complexity index is 467.